The highest BCUT2D eigenvalue weighted by atomic mass is 79.9. The van der Waals surface area contributed by atoms with E-state index in [0.717, 1.165) is 32.3 Å². The third-order valence-corrected chi connectivity index (χ3v) is 4.33. The van der Waals surface area contributed by atoms with Crippen molar-refractivity contribution in [1.29, 1.82) is 0 Å². The molecular formula is C16H14BrN3O. The number of nitrogens with zero attached hydrogens (tertiary/aromatic N) is 2. The molecule has 0 atom stereocenters. The van der Waals surface area contributed by atoms with Gasteiger partial charge in [0.2, 0.25) is 0 Å². The summed E-state index contributed by atoms with van der Waals surface area (Å²) in [4.78, 5) is 8.82. The first-order chi connectivity index (χ1) is 10.1. The monoisotopic (exact) mass is 343 g/mol. The zero-order valence-corrected chi connectivity index (χ0v) is 13.3. The van der Waals surface area contributed by atoms with Crippen molar-refractivity contribution in [3.63, 3.8) is 0 Å². The van der Waals surface area contributed by atoms with Gasteiger partial charge in [0.05, 0.1) is 17.3 Å². The summed E-state index contributed by atoms with van der Waals surface area (Å²) in [5.74, 6) is 1.92. The van der Waals surface area contributed by atoms with Crippen molar-refractivity contribution in [2.45, 2.75) is 6.92 Å². The maximum atomic E-state index is 5.89. The van der Waals surface area contributed by atoms with E-state index in [4.69, 9.17) is 10.5 Å². The molecule has 0 aliphatic rings. The molecule has 0 radical (unpaired) electrons. The number of halogens is 1. The Morgan fingerprint density at radius 1 is 1.05 bits per heavy atom. The van der Waals surface area contributed by atoms with E-state index in [2.05, 4.69) is 32.0 Å². The van der Waals surface area contributed by atoms with Crippen molar-refractivity contribution in [2.75, 3.05) is 12.8 Å². The SMILES string of the molecule is COc1ccc2cc(-c3nc(C)c(Br)c(N)n3)ccc2c1. The summed E-state index contributed by atoms with van der Waals surface area (Å²) in [5.41, 5.74) is 7.66. The van der Waals surface area contributed by atoms with E-state index in [-0.39, 0.29) is 0 Å². The summed E-state index contributed by atoms with van der Waals surface area (Å²) in [7, 11) is 1.66. The number of fused-ring (bicyclic) bond motifs is 1. The second-order valence-electron chi connectivity index (χ2n) is 4.76. The summed E-state index contributed by atoms with van der Waals surface area (Å²) < 4.78 is 5.98. The number of rotatable bonds is 2. The lowest BCUT2D eigenvalue weighted by molar-refractivity contribution is 0.415. The lowest BCUT2D eigenvalue weighted by Gasteiger charge is -2.08. The van der Waals surface area contributed by atoms with E-state index in [1.807, 2.05) is 37.3 Å². The summed E-state index contributed by atoms with van der Waals surface area (Å²) in [5, 5.41) is 2.22. The molecule has 106 valence electrons. The average molecular weight is 344 g/mol. The Bertz CT molecular complexity index is 810. The Morgan fingerprint density at radius 3 is 2.48 bits per heavy atom. The number of nitrogen functional groups attached to an aromatic ring is 1. The first kappa shape index (κ1) is 13.8. The molecule has 4 nitrogen and oxygen atoms in total. The van der Waals surface area contributed by atoms with Crippen LogP contribution < -0.4 is 10.5 Å². The minimum atomic E-state index is 0.451. The molecule has 0 fully saturated rings. The van der Waals surface area contributed by atoms with Gasteiger partial charge in [0, 0.05) is 5.56 Å². The summed E-state index contributed by atoms with van der Waals surface area (Å²) >= 11 is 3.38. The maximum absolute atomic E-state index is 5.89. The van der Waals surface area contributed by atoms with Crippen LogP contribution in [0.1, 0.15) is 5.69 Å². The highest BCUT2D eigenvalue weighted by Crippen LogP contribution is 2.28. The molecule has 0 bridgehead atoms. The van der Waals surface area contributed by atoms with Crippen LogP contribution in [-0.2, 0) is 0 Å². The Kier molecular flexibility index (Phi) is 3.51. The number of methoxy groups -OCH3 is 1. The van der Waals surface area contributed by atoms with Gasteiger partial charge in [0.1, 0.15) is 11.6 Å². The normalized spacial score (nSPS) is 10.8. The van der Waals surface area contributed by atoms with E-state index >= 15 is 0 Å². The first-order valence-corrected chi connectivity index (χ1v) is 7.25. The van der Waals surface area contributed by atoms with Crippen molar-refractivity contribution < 1.29 is 4.74 Å². The van der Waals surface area contributed by atoms with Gasteiger partial charge in [-0.25, -0.2) is 9.97 Å². The standard InChI is InChI=1S/C16H14BrN3O/c1-9-14(17)15(18)20-16(19-9)12-4-3-11-8-13(21-2)6-5-10(11)7-12/h3-8H,1-2H3,(H2,18,19,20). The quantitative estimate of drug-likeness (QED) is 0.764. The number of aromatic nitrogens is 2. The molecule has 5 heteroatoms. The average Bonchev–Trinajstić information content (AvgIpc) is 2.51. The van der Waals surface area contributed by atoms with Gasteiger partial charge in [-0.05, 0) is 51.8 Å². The fourth-order valence-corrected chi connectivity index (χ4v) is 2.38. The topological polar surface area (TPSA) is 61.0 Å². The van der Waals surface area contributed by atoms with Gasteiger partial charge in [-0.15, -0.1) is 0 Å². The van der Waals surface area contributed by atoms with E-state index in [1.54, 1.807) is 7.11 Å². The van der Waals surface area contributed by atoms with Gasteiger partial charge in [-0.1, -0.05) is 18.2 Å². The Labute approximate surface area is 131 Å². The minimum absolute atomic E-state index is 0.451. The van der Waals surface area contributed by atoms with Gasteiger partial charge in [0.15, 0.2) is 5.82 Å². The van der Waals surface area contributed by atoms with Gasteiger partial charge >= 0.3 is 0 Å². The Hall–Kier alpha value is -2.14. The van der Waals surface area contributed by atoms with Gasteiger partial charge in [0.25, 0.3) is 0 Å². The van der Waals surface area contributed by atoms with Crippen LogP contribution >= 0.6 is 15.9 Å². The number of anilines is 1. The molecule has 0 saturated carbocycles. The lowest BCUT2D eigenvalue weighted by atomic mass is 10.1. The molecule has 0 amide bonds. The highest BCUT2D eigenvalue weighted by molar-refractivity contribution is 9.10. The fraction of sp³-hybridized carbons (Fsp3) is 0.125. The zero-order valence-electron chi connectivity index (χ0n) is 11.7. The molecule has 0 saturated heterocycles. The van der Waals surface area contributed by atoms with Crippen LogP contribution in [0, 0.1) is 6.92 Å². The third kappa shape index (κ3) is 2.56. The summed E-state index contributed by atoms with van der Waals surface area (Å²) in [6.45, 7) is 1.90. The second kappa shape index (κ2) is 5.33. The number of ether oxygens (including phenoxy) is 1. The van der Waals surface area contributed by atoms with Crippen LogP contribution in [0.15, 0.2) is 40.9 Å². The smallest absolute Gasteiger partial charge is 0.161 e. The molecule has 2 N–H and O–H groups in total. The van der Waals surface area contributed by atoms with Gasteiger partial charge < -0.3 is 10.5 Å². The minimum Gasteiger partial charge on any atom is -0.497 e. The Morgan fingerprint density at radius 2 is 1.76 bits per heavy atom. The number of hydrogen-bond acceptors (Lipinski definition) is 4. The van der Waals surface area contributed by atoms with Crippen LogP contribution in [0.25, 0.3) is 22.2 Å². The number of aryl methyl sites for hydroxylation is 1. The van der Waals surface area contributed by atoms with E-state index in [1.165, 1.54) is 0 Å². The molecule has 3 rings (SSSR count). The molecule has 0 aliphatic carbocycles. The summed E-state index contributed by atoms with van der Waals surface area (Å²) in [6, 6.07) is 12.0. The fourth-order valence-electron chi connectivity index (χ4n) is 2.20. The van der Waals surface area contributed by atoms with Crippen LogP contribution in [0.2, 0.25) is 0 Å². The molecular weight excluding hydrogens is 330 g/mol. The van der Waals surface area contributed by atoms with Crippen LogP contribution in [0.3, 0.4) is 0 Å². The van der Waals surface area contributed by atoms with Crippen molar-refractivity contribution in [2.24, 2.45) is 0 Å². The Balaban J connectivity index is 2.13. The number of nitrogens with two attached hydrogens (primary N) is 1. The number of hydrogen-bond donors (Lipinski definition) is 1. The van der Waals surface area contributed by atoms with Crippen molar-refractivity contribution >= 4 is 32.5 Å². The first-order valence-electron chi connectivity index (χ1n) is 6.46. The number of benzene rings is 2. The molecule has 0 unspecified atom stereocenters. The van der Waals surface area contributed by atoms with E-state index in [0.29, 0.717) is 11.6 Å². The summed E-state index contributed by atoms with van der Waals surface area (Å²) in [6.07, 6.45) is 0. The molecule has 0 aliphatic heterocycles. The molecule has 21 heavy (non-hydrogen) atoms. The maximum Gasteiger partial charge on any atom is 0.161 e. The zero-order chi connectivity index (χ0) is 15.0. The van der Waals surface area contributed by atoms with Crippen molar-refractivity contribution in [1.82, 2.24) is 9.97 Å². The molecule has 2 aromatic carbocycles. The van der Waals surface area contributed by atoms with Crippen LogP contribution in [-0.4, -0.2) is 17.1 Å². The third-order valence-electron chi connectivity index (χ3n) is 3.35. The molecule has 0 spiro atoms. The predicted molar refractivity (Wildman–Crippen MR) is 88.4 cm³/mol. The molecule has 1 aromatic heterocycles. The van der Waals surface area contributed by atoms with Crippen molar-refractivity contribution in [3.8, 4) is 17.1 Å². The van der Waals surface area contributed by atoms with E-state index < -0.39 is 0 Å². The molecule has 3 aromatic rings. The lowest BCUT2D eigenvalue weighted by Crippen LogP contribution is -2.00. The van der Waals surface area contributed by atoms with Crippen LogP contribution in [0.4, 0.5) is 5.82 Å². The van der Waals surface area contributed by atoms with E-state index in [9.17, 15) is 0 Å². The largest absolute Gasteiger partial charge is 0.497 e. The molecule has 1 heterocycles. The predicted octanol–water partition coefficient (Wildman–Crippen LogP) is 3.96. The van der Waals surface area contributed by atoms with Crippen LogP contribution in [0.5, 0.6) is 5.75 Å². The van der Waals surface area contributed by atoms with Crippen molar-refractivity contribution in [3.05, 3.63) is 46.6 Å². The highest BCUT2D eigenvalue weighted by Gasteiger charge is 2.09. The second-order valence-corrected chi connectivity index (χ2v) is 5.55. The van der Waals surface area contributed by atoms with Gasteiger partial charge in [-0.2, -0.15) is 0 Å². The van der Waals surface area contributed by atoms with Gasteiger partial charge in [-0.3, -0.25) is 0 Å².